The minimum atomic E-state index is -3.50. The highest BCUT2D eigenvalue weighted by atomic mass is 32.2. The van der Waals surface area contributed by atoms with Gasteiger partial charge in [-0.1, -0.05) is 26.0 Å². The van der Waals surface area contributed by atoms with E-state index >= 15 is 0 Å². The third-order valence-corrected chi connectivity index (χ3v) is 6.83. The molecule has 0 atom stereocenters. The van der Waals surface area contributed by atoms with Crippen LogP contribution in [0.5, 0.6) is 0 Å². The molecule has 0 saturated heterocycles. The molecule has 6 heteroatoms. The summed E-state index contributed by atoms with van der Waals surface area (Å²) in [6.45, 7) is 4.57. The van der Waals surface area contributed by atoms with E-state index in [1.54, 1.807) is 36.0 Å². The first-order valence-electron chi connectivity index (χ1n) is 6.93. The number of nitriles is 1. The van der Waals surface area contributed by atoms with Gasteiger partial charge in [0.2, 0.25) is 10.0 Å². The van der Waals surface area contributed by atoms with Gasteiger partial charge < -0.3 is 0 Å². The summed E-state index contributed by atoms with van der Waals surface area (Å²) in [4.78, 5) is 0.242. The van der Waals surface area contributed by atoms with Crippen LogP contribution in [0.25, 0.3) is 0 Å². The molecular weight excluding hydrogens is 304 g/mol. The fourth-order valence-corrected chi connectivity index (χ4v) is 4.06. The maximum atomic E-state index is 12.3. The van der Waals surface area contributed by atoms with E-state index in [-0.39, 0.29) is 16.1 Å². The van der Waals surface area contributed by atoms with E-state index in [1.807, 2.05) is 12.3 Å². The van der Waals surface area contributed by atoms with Crippen molar-refractivity contribution in [2.75, 3.05) is 12.8 Å². The maximum Gasteiger partial charge on any atom is 0.240 e. The molecule has 0 aliphatic carbocycles. The Morgan fingerprint density at radius 2 is 1.81 bits per heavy atom. The monoisotopic (exact) mass is 326 g/mol. The summed E-state index contributed by atoms with van der Waals surface area (Å²) in [5.41, 5.74) is 0.817. The van der Waals surface area contributed by atoms with E-state index in [1.165, 1.54) is 0 Å². The molecule has 0 heterocycles. The number of nitrogens with zero attached hydrogens (tertiary/aromatic N) is 1. The number of sulfonamides is 1. The molecule has 0 aromatic heterocycles. The van der Waals surface area contributed by atoms with E-state index < -0.39 is 10.0 Å². The smallest absolute Gasteiger partial charge is 0.210 e. The van der Waals surface area contributed by atoms with Gasteiger partial charge in [-0.05, 0) is 36.8 Å². The van der Waals surface area contributed by atoms with Crippen molar-refractivity contribution in [1.29, 1.82) is 5.26 Å². The topological polar surface area (TPSA) is 70.0 Å². The van der Waals surface area contributed by atoms with E-state index in [4.69, 9.17) is 5.26 Å². The Morgan fingerprint density at radius 1 is 1.24 bits per heavy atom. The first-order valence-corrected chi connectivity index (χ1v) is 9.64. The van der Waals surface area contributed by atoms with Crippen LogP contribution in [0.3, 0.4) is 0 Å². The average molecular weight is 326 g/mol. The maximum absolute atomic E-state index is 12.3. The largest absolute Gasteiger partial charge is 0.240 e. The van der Waals surface area contributed by atoms with Gasteiger partial charge in [-0.15, -0.1) is 0 Å². The molecule has 1 rings (SSSR count). The van der Waals surface area contributed by atoms with Crippen molar-refractivity contribution in [3.8, 4) is 6.07 Å². The number of nitrogens with one attached hydrogen (secondary N) is 1. The van der Waals surface area contributed by atoms with Gasteiger partial charge in [0.1, 0.15) is 0 Å². The van der Waals surface area contributed by atoms with Crippen LogP contribution in [-0.4, -0.2) is 26.0 Å². The molecule has 0 aliphatic rings. The summed E-state index contributed by atoms with van der Waals surface area (Å²) >= 11 is 1.70. The lowest BCUT2D eigenvalue weighted by atomic mass is 10.0. The van der Waals surface area contributed by atoms with Gasteiger partial charge in [0.15, 0.2) is 0 Å². The number of thioether (sulfide) groups is 1. The van der Waals surface area contributed by atoms with Crippen LogP contribution in [0.2, 0.25) is 0 Å². The normalized spacial score (nSPS) is 12.1. The molecule has 21 heavy (non-hydrogen) atoms. The SMILES string of the molecule is CCC(CC)(CNS(=O)(=O)c1ccc(CC#N)cc1)SC. The summed E-state index contributed by atoms with van der Waals surface area (Å²) in [5.74, 6) is 0. The van der Waals surface area contributed by atoms with Crippen molar-refractivity contribution in [3.05, 3.63) is 29.8 Å². The Balaban J connectivity index is 2.84. The minimum absolute atomic E-state index is 0.0617. The van der Waals surface area contributed by atoms with Gasteiger partial charge in [-0.2, -0.15) is 17.0 Å². The second-order valence-electron chi connectivity index (χ2n) is 4.90. The summed E-state index contributed by atoms with van der Waals surface area (Å²) in [6, 6.07) is 8.50. The zero-order valence-corrected chi connectivity index (χ0v) is 14.4. The molecule has 1 N–H and O–H groups in total. The van der Waals surface area contributed by atoms with E-state index in [2.05, 4.69) is 18.6 Å². The fourth-order valence-electron chi connectivity index (χ4n) is 2.05. The third-order valence-electron chi connectivity index (χ3n) is 3.82. The first-order chi connectivity index (χ1) is 9.93. The molecule has 116 valence electrons. The van der Waals surface area contributed by atoms with Crippen molar-refractivity contribution < 1.29 is 8.42 Å². The van der Waals surface area contributed by atoms with Crippen LogP contribution >= 0.6 is 11.8 Å². The molecule has 4 nitrogen and oxygen atoms in total. The summed E-state index contributed by atoms with van der Waals surface area (Å²) in [5, 5.41) is 8.62. The zero-order chi connectivity index (χ0) is 15.9. The third kappa shape index (κ3) is 4.73. The number of hydrogen-bond donors (Lipinski definition) is 1. The molecule has 1 aromatic rings. The summed E-state index contributed by atoms with van der Waals surface area (Å²) < 4.78 is 27.3. The Morgan fingerprint density at radius 3 is 2.24 bits per heavy atom. The number of hydrogen-bond acceptors (Lipinski definition) is 4. The standard InChI is InChI=1S/C15H22N2O2S2/c1-4-15(5-2,20-3)12-17-21(18,19)14-8-6-13(7-9-14)10-11-16/h6-9,17H,4-5,10,12H2,1-3H3. The Labute approximate surface area is 132 Å². The molecular formula is C15H22N2O2S2. The highest BCUT2D eigenvalue weighted by molar-refractivity contribution is 8.00. The van der Waals surface area contributed by atoms with Crippen molar-refractivity contribution in [2.24, 2.45) is 0 Å². The summed E-state index contributed by atoms with van der Waals surface area (Å²) in [7, 11) is -3.50. The Hall–Kier alpha value is -1.03. The van der Waals surface area contributed by atoms with E-state index in [0.29, 0.717) is 6.54 Å². The zero-order valence-electron chi connectivity index (χ0n) is 12.7. The molecule has 0 amide bonds. The van der Waals surface area contributed by atoms with Gasteiger partial charge in [0.25, 0.3) is 0 Å². The molecule has 0 saturated carbocycles. The van der Waals surface area contributed by atoms with Crippen molar-refractivity contribution in [1.82, 2.24) is 4.72 Å². The van der Waals surface area contributed by atoms with Crippen LogP contribution in [0.15, 0.2) is 29.2 Å². The van der Waals surface area contributed by atoms with Crippen molar-refractivity contribution >= 4 is 21.8 Å². The van der Waals surface area contributed by atoms with Gasteiger partial charge in [0, 0.05) is 11.3 Å². The molecule has 0 radical (unpaired) electrons. The van der Waals surface area contributed by atoms with Crippen LogP contribution in [0.4, 0.5) is 0 Å². The lowest BCUT2D eigenvalue weighted by molar-refractivity contribution is 0.522. The van der Waals surface area contributed by atoms with Gasteiger partial charge in [-0.25, -0.2) is 13.1 Å². The van der Waals surface area contributed by atoms with Crippen molar-refractivity contribution in [2.45, 2.75) is 42.8 Å². The lowest BCUT2D eigenvalue weighted by Crippen LogP contribution is -2.39. The number of rotatable bonds is 8. The molecule has 0 spiro atoms. The summed E-state index contributed by atoms with van der Waals surface area (Å²) in [6.07, 6.45) is 4.12. The lowest BCUT2D eigenvalue weighted by Gasteiger charge is -2.29. The quantitative estimate of drug-likeness (QED) is 0.797. The van der Waals surface area contributed by atoms with Crippen LogP contribution in [0.1, 0.15) is 32.3 Å². The fraction of sp³-hybridized carbons (Fsp3) is 0.533. The van der Waals surface area contributed by atoms with Gasteiger partial charge in [0.05, 0.1) is 17.4 Å². The van der Waals surface area contributed by atoms with Crippen LogP contribution in [-0.2, 0) is 16.4 Å². The van der Waals surface area contributed by atoms with Crippen molar-refractivity contribution in [3.63, 3.8) is 0 Å². The first kappa shape index (κ1) is 18.0. The molecule has 1 aromatic carbocycles. The number of benzene rings is 1. The molecule has 0 unspecified atom stereocenters. The Kier molecular flexibility index (Phi) is 6.72. The van der Waals surface area contributed by atoms with Gasteiger partial charge >= 0.3 is 0 Å². The molecule has 0 bridgehead atoms. The predicted molar refractivity (Wildman–Crippen MR) is 87.8 cm³/mol. The second-order valence-corrected chi connectivity index (χ2v) is 7.94. The predicted octanol–water partition coefficient (Wildman–Crippen LogP) is 2.95. The van der Waals surface area contributed by atoms with Crippen LogP contribution in [0, 0.1) is 11.3 Å². The minimum Gasteiger partial charge on any atom is -0.210 e. The van der Waals surface area contributed by atoms with Gasteiger partial charge in [-0.3, -0.25) is 0 Å². The molecule has 0 aliphatic heterocycles. The Bertz CT molecular complexity index is 577. The average Bonchev–Trinajstić information content (AvgIpc) is 2.50. The second kappa shape index (κ2) is 7.83. The molecule has 0 fully saturated rings. The van der Waals surface area contributed by atoms with E-state index in [9.17, 15) is 8.42 Å². The highest BCUT2D eigenvalue weighted by Crippen LogP contribution is 2.30. The van der Waals surface area contributed by atoms with E-state index in [0.717, 1.165) is 18.4 Å². The highest BCUT2D eigenvalue weighted by Gasteiger charge is 2.27. The van der Waals surface area contributed by atoms with Crippen LogP contribution < -0.4 is 4.72 Å².